The monoisotopic (exact) mass is 1470 g/mol. The summed E-state index contributed by atoms with van der Waals surface area (Å²) in [6.45, 7) is 27.1. The lowest BCUT2D eigenvalue weighted by molar-refractivity contribution is 0.568. The van der Waals surface area contributed by atoms with E-state index in [1.807, 2.05) is 12.1 Å². The topological polar surface area (TPSA) is 20.2 Å². The van der Waals surface area contributed by atoms with Crippen molar-refractivity contribution in [2.75, 3.05) is 9.80 Å². The molecule has 0 saturated carbocycles. The van der Waals surface area contributed by atoms with Crippen LogP contribution in [0, 0.1) is 0 Å². The minimum atomic E-state index is -0.540. The molecule has 20 aromatic rings. The SMILES string of the molecule is [2H]c1c([2H])c([2H])c2c(c1[2H])c1c([2H])c([2H])c([2H])c([2H])c1n2-c1cc(N(c2cccc(-c3cc(C(C)(C)C)cc(C(C)(C)C)c3)c2)c2ccccc2-c2cc3c4ccccc4n4c5ccccc5c(c2)c34)c(Cl)c(N(c2cccc(-c3cc(C(C)(C)C)cc(C(C)(C)C)c3)c2)c2ccccc2-c2cc3c4ccccc4n4c5ccccc5c(c2)c34)c1. The van der Waals surface area contributed by atoms with Crippen molar-refractivity contribution in [1.82, 2.24) is 13.4 Å². The number of fused-ring (bicyclic) bond motifs is 15. The quantitative estimate of drug-likeness (QED) is 0.129. The maximum absolute atomic E-state index is 10.2. The van der Waals surface area contributed by atoms with Crippen molar-refractivity contribution in [1.29, 1.82) is 0 Å². The van der Waals surface area contributed by atoms with Crippen LogP contribution in [0.25, 0.3) is 148 Å². The van der Waals surface area contributed by atoms with Crippen molar-refractivity contribution in [3.05, 3.63) is 343 Å². The molecule has 112 heavy (non-hydrogen) atoms. The second-order valence-corrected chi connectivity index (χ2v) is 34.9. The molecule has 544 valence electrons. The van der Waals surface area contributed by atoms with Crippen molar-refractivity contribution < 1.29 is 11.0 Å². The average Bonchev–Trinajstić information content (AvgIpc) is 1.54. The summed E-state index contributed by atoms with van der Waals surface area (Å²) in [4.78, 5) is 4.45. The van der Waals surface area contributed by atoms with E-state index < -0.39 is 48.3 Å². The number of hydrogen-bond donors (Lipinski definition) is 0. The van der Waals surface area contributed by atoms with Crippen molar-refractivity contribution in [2.45, 2.75) is 105 Å². The van der Waals surface area contributed by atoms with Crippen molar-refractivity contribution in [3.63, 3.8) is 0 Å². The second kappa shape index (κ2) is 25.3. The largest absolute Gasteiger partial charge is 0.309 e. The van der Waals surface area contributed by atoms with E-state index in [9.17, 15) is 11.0 Å². The van der Waals surface area contributed by atoms with Crippen LogP contribution in [0.5, 0.6) is 0 Å². The van der Waals surface area contributed by atoms with Gasteiger partial charge in [-0.1, -0.05) is 301 Å². The van der Waals surface area contributed by atoms with E-state index in [0.29, 0.717) is 11.4 Å². The molecule has 5 nitrogen and oxygen atoms in total. The summed E-state index contributed by atoms with van der Waals surface area (Å²) in [6.07, 6.45) is 0. The highest BCUT2D eigenvalue weighted by Crippen LogP contribution is 2.55. The number of rotatable bonds is 11. The third kappa shape index (κ3) is 11.0. The third-order valence-corrected chi connectivity index (χ3v) is 23.7. The zero-order chi connectivity index (χ0) is 83.6. The lowest BCUT2D eigenvalue weighted by Gasteiger charge is -2.34. The number of nitrogens with zero attached hydrogens (tertiary/aromatic N) is 5. The first-order chi connectivity index (χ1) is 57.3. The van der Waals surface area contributed by atoms with Crippen LogP contribution in [0.15, 0.2) is 315 Å². The van der Waals surface area contributed by atoms with Crippen molar-refractivity contribution in [2.24, 2.45) is 0 Å². The van der Waals surface area contributed by atoms with Crippen LogP contribution in [0.4, 0.5) is 34.1 Å². The maximum atomic E-state index is 10.2. The Morgan fingerprint density at radius 3 is 0.938 bits per heavy atom. The van der Waals surface area contributed by atoms with E-state index in [-0.39, 0.29) is 54.2 Å². The second-order valence-electron chi connectivity index (χ2n) is 34.6. The number of halogens is 1. The lowest BCUT2D eigenvalue weighted by atomic mass is 9.79. The number of para-hydroxylation sites is 8. The Morgan fingerprint density at radius 2 is 0.589 bits per heavy atom. The normalized spacial score (nSPS) is 13.7. The number of aromatic nitrogens is 3. The average molecular weight is 1480 g/mol. The van der Waals surface area contributed by atoms with Crippen molar-refractivity contribution in [3.8, 4) is 50.2 Å². The molecule has 0 amide bonds. The van der Waals surface area contributed by atoms with E-state index in [2.05, 4.69) is 356 Å². The van der Waals surface area contributed by atoms with E-state index in [0.717, 1.165) is 143 Å². The molecule has 5 heterocycles. The molecule has 0 aliphatic heterocycles. The number of anilines is 6. The van der Waals surface area contributed by atoms with E-state index in [4.69, 9.17) is 11.6 Å². The van der Waals surface area contributed by atoms with Gasteiger partial charge in [-0.2, -0.15) is 0 Å². The van der Waals surface area contributed by atoms with E-state index >= 15 is 0 Å². The first-order valence-corrected chi connectivity index (χ1v) is 39.2. The van der Waals surface area contributed by atoms with Gasteiger partial charge in [0, 0.05) is 76.4 Å². The first kappa shape index (κ1) is 60.4. The standard InChI is InChI=1S/C106H88ClN5/c1-103(2,3)71-51-67(52-72(61-71)104(4,5)6)65-31-29-33-75(55-65)108(90-43-21-13-35-78(90)69-57-86-82-39-17-25-47-94(82)111-95-48-26-18-40-83(95)87(58-69)101(86)111)98-63-77(110-92-45-23-15-37-80(92)81-38-16-24-46-93(81)110)64-99(100(98)107)109(76-34-30-32-66(56-76)68-53-73(105(7,8)9)62-74(54-68)106(10,11)12)91-44-22-14-36-79(91)70-59-88-84-41-19-27-49-96(84)112-97-50-28-20-42-85(97)89(60-70)102(88)112/h13-64H,1-12H3/i15D,16D,23D,24D,37D,38D,45D,46D. The van der Waals surface area contributed by atoms with E-state index in [1.165, 1.54) is 22.3 Å². The lowest BCUT2D eigenvalue weighted by Crippen LogP contribution is -2.17. The molecule has 0 fully saturated rings. The zero-order valence-electron chi connectivity index (χ0n) is 73.0. The van der Waals surface area contributed by atoms with Gasteiger partial charge in [-0.3, -0.25) is 0 Å². The third-order valence-electron chi connectivity index (χ3n) is 23.3. The molecular formula is C106H88ClN5. The van der Waals surface area contributed by atoms with Gasteiger partial charge in [0.05, 0.1) is 88.6 Å². The predicted molar refractivity (Wildman–Crippen MR) is 481 cm³/mol. The Balaban J connectivity index is 0.954. The molecule has 0 atom stereocenters. The minimum absolute atomic E-state index is 0.0384. The van der Waals surface area contributed by atoms with Gasteiger partial charge in [0.2, 0.25) is 0 Å². The molecule has 0 N–H and O–H groups in total. The van der Waals surface area contributed by atoms with Crippen LogP contribution in [-0.4, -0.2) is 13.4 Å². The molecule has 6 heteroatoms. The summed E-state index contributed by atoms with van der Waals surface area (Å²) in [7, 11) is 0. The van der Waals surface area contributed by atoms with Crippen molar-refractivity contribution >= 4 is 144 Å². The van der Waals surface area contributed by atoms with Gasteiger partial charge in [-0.25, -0.2) is 0 Å². The smallest absolute Gasteiger partial charge is 0.0888 e. The zero-order valence-corrected chi connectivity index (χ0v) is 65.8. The van der Waals surface area contributed by atoms with Crippen LogP contribution in [0.1, 0.15) is 116 Å². The predicted octanol–water partition coefficient (Wildman–Crippen LogP) is 30.5. The molecule has 0 aliphatic carbocycles. The molecule has 0 bridgehead atoms. The Bertz CT molecular complexity index is 7050. The highest BCUT2D eigenvalue weighted by atomic mass is 35.5. The van der Waals surface area contributed by atoms with Gasteiger partial charge >= 0.3 is 0 Å². The van der Waals surface area contributed by atoms with Gasteiger partial charge in [0.25, 0.3) is 0 Å². The summed E-state index contributed by atoms with van der Waals surface area (Å²) in [5.41, 5.74) is 22.0. The van der Waals surface area contributed by atoms with Crippen LogP contribution in [0.3, 0.4) is 0 Å². The fourth-order valence-corrected chi connectivity index (χ4v) is 17.8. The van der Waals surface area contributed by atoms with Gasteiger partial charge < -0.3 is 23.2 Å². The van der Waals surface area contributed by atoms with Crippen LogP contribution < -0.4 is 9.80 Å². The summed E-state index contributed by atoms with van der Waals surface area (Å²) < 4.78 is 84.4. The minimum Gasteiger partial charge on any atom is -0.309 e. The highest BCUT2D eigenvalue weighted by molar-refractivity contribution is 6.37. The highest BCUT2D eigenvalue weighted by Gasteiger charge is 2.32. The Labute approximate surface area is 671 Å². The number of benzene rings is 15. The molecule has 20 rings (SSSR count). The Morgan fingerprint density at radius 1 is 0.268 bits per heavy atom. The molecular weight excluding hydrogens is 1380 g/mol. The molecule has 15 aromatic carbocycles. The maximum Gasteiger partial charge on any atom is 0.0888 e. The molecule has 0 aliphatic rings. The van der Waals surface area contributed by atoms with Crippen LogP contribution >= 0.6 is 11.6 Å². The molecule has 0 spiro atoms. The summed E-state index contributed by atoms with van der Waals surface area (Å²) >= 11 is 9.10. The van der Waals surface area contributed by atoms with Gasteiger partial charge in [0.1, 0.15) is 0 Å². The van der Waals surface area contributed by atoms with Gasteiger partial charge in [-0.15, -0.1) is 0 Å². The Hall–Kier alpha value is -12.4. The van der Waals surface area contributed by atoms with Crippen LogP contribution in [0.2, 0.25) is 5.02 Å². The first-order valence-electron chi connectivity index (χ1n) is 42.8. The van der Waals surface area contributed by atoms with Gasteiger partial charge in [-0.05, 0) is 186 Å². The molecule has 5 aromatic heterocycles. The summed E-state index contributed by atoms with van der Waals surface area (Å²) in [5, 5.41) is 8.99. The molecule has 0 saturated heterocycles. The van der Waals surface area contributed by atoms with Crippen LogP contribution in [-0.2, 0) is 21.7 Å². The molecule has 0 unspecified atom stereocenters. The summed E-state index contributed by atoms with van der Waals surface area (Å²) in [6, 6.07) is 91.8. The van der Waals surface area contributed by atoms with E-state index in [1.54, 1.807) is 4.57 Å². The molecule has 0 radical (unpaired) electrons. The van der Waals surface area contributed by atoms with Gasteiger partial charge in [0.15, 0.2) is 0 Å². The fraction of sp³-hybridized carbons (Fsp3) is 0.151. The number of hydrogen-bond acceptors (Lipinski definition) is 2. The Kier molecular flexibility index (Phi) is 13.7. The fourth-order valence-electron chi connectivity index (χ4n) is 17.5. The summed E-state index contributed by atoms with van der Waals surface area (Å²) in [5.74, 6) is 0.